The van der Waals surface area contributed by atoms with Gasteiger partial charge in [-0.1, -0.05) is 12.1 Å². The van der Waals surface area contributed by atoms with Crippen molar-refractivity contribution < 1.29 is 8.42 Å². The van der Waals surface area contributed by atoms with Crippen molar-refractivity contribution in [3.8, 4) is 0 Å². The van der Waals surface area contributed by atoms with Gasteiger partial charge in [-0.2, -0.15) is 0 Å². The van der Waals surface area contributed by atoms with Crippen LogP contribution in [0.15, 0.2) is 35.4 Å². The zero-order chi connectivity index (χ0) is 13.9. The largest absolute Gasteiger partial charge is 0.323 e. The Kier molecular flexibility index (Phi) is 4.15. The summed E-state index contributed by atoms with van der Waals surface area (Å²) in [6, 6.07) is 6.45. The van der Waals surface area contributed by atoms with E-state index in [0.29, 0.717) is 5.69 Å². The first-order valence-electron chi connectivity index (χ1n) is 5.49. The van der Waals surface area contributed by atoms with E-state index in [-0.39, 0.29) is 11.4 Å². The fourth-order valence-corrected chi connectivity index (χ4v) is 3.55. The predicted octanol–water partition coefficient (Wildman–Crippen LogP) is 1.22. The van der Waals surface area contributed by atoms with Crippen molar-refractivity contribution in [1.82, 2.24) is 9.71 Å². The molecular weight excluding hydrogens is 284 g/mol. The van der Waals surface area contributed by atoms with Crippen LogP contribution in [0.5, 0.6) is 0 Å². The van der Waals surface area contributed by atoms with Crippen molar-refractivity contribution in [3.05, 3.63) is 40.3 Å². The fourth-order valence-electron chi connectivity index (χ4n) is 1.55. The SMILES string of the molecule is Cc1ncc(CNS(=O)(=O)c2ccccc2NN)s1. The molecule has 8 heteroatoms. The number of nitrogens with zero attached hydrogens (tertiary/aromatic N) is 1. The monoisotopic (exact) mass is 298 g/mol. The van der Waals surface area contributed by atoms with E-state index in [0.717, 1.165) is 9.88 Å². The van der Waals surface area contributed by atoms with Crippen molar-refractivity contribution in [3.63, 3.8) is 0 Å². The van der Waals surface area contributed by atoms with Gasteiger partial charge in [-0.25, -0.2) is 18.1 Å². The second-order valence-corrected chi connectivity index (χ2v) is 6.87. The number of aromatic nitrogens is 1. The minimum Gasteiger partial charge on any atom is -0.323 e. The van der Waals surface area contributed by atoms with E-state index >= 15 is 0 Å². The van der Waals surface area contributed by atoms with Gasteiger partial charge in [0.2, 0.25) is 10.0 Å². The highest BCUT2D eigenvalue weighted by molar-refractivity contribution is 7.89. The maximum atomic E-state index is 12.2. The first-order chi connectivity index (χ1) is 9.03. The molecular formula is C11H14N4O2S2. The van der Waals surface area contributed by atoms with Crippen LogP contribution >= 0.6 is 11.3 Å². The van der Waals surface area contributed by atoms with Crippen molar-refractivity contribution in [2.75, 3.05) is 5.43 Å². The number of aryl methyl sites for hydroxylation is 1. The molecule has 4 N–H and O–H groups in total. The average molecular weight is 298 g/mol. The second kappa shape index (κ2) is 5.66. The van der Waals surface area contributed by atoms with Crippen molar-refractivity contribution >= 4 is 27.0 Å². The second-order valence-electron chi connectivity index (χ2n) is 3.81. The van der Waals surface area contributed by atoms with Crippen molar-refractivity contribution in [2.24, 2.45) is 5.84 Å². The third kappa shape index (κ3) is 3.29. The molecule has 1 aromatic heterocycles. The Morgan fingerprint density at radius 2 is 2.11 bits per heavy atom. The first-order valence-corrected chi connectivity index (χ1v) is 7.79. The number of benzene rings is 1. The molecule has 0 atom stereocenters. The van der Waals surface area contributed by atoms with Gasteiger partial charge in [-0.05, 0) is 19.1 Å². The normalized spacial score (nSPS) is 11.5. The lowest BCUT2D eigenvalue weighted by Crippen LogP contribution is -2.24. The smallest absolute Gasteiger partial charge is 0.243 e. The van der Waals surface area contributed by atoms with Crippen LogP contribution in [0.2, 0.25) is 0 Å². The van der Waals surface area contributed by atoms with Gasteiger partial charge in [0, 0.05) is 17.6 Å². The molecule has 0 radical (unpaired) electrons. The first kappa shape index (κ1) is 13.9. The van der Waals surface area contributed by atoms with E-state index in [2.05, 4.69) is 15.1 Å². The standard InChI is InChI=1S/C11H14N4O2S2/c1-8-13-6-9(18-8)7-14-19(16,17)11-5-3-2-4-10(11)15-12/h2-6,14-15H,7,12H2,1H3. The molecule has 2 aromatic rings. The summed E-state index contributed by atoms with van der Waals surface area (Å²) >= 11 is 1.46. The van der Waals surface area contributed by atoms with Crippen molar-refractivity contribution in [1.29, 1.82) is 0 Å². The van der Waals surface area contributed by atoms with Gasteiger partial charge < -0.3 is 5.43 Å². The molecule has 0 unspecified atom stereocenters. The van der Waals surface area contributed by atoms with Crippen LogP contribution in [-0.4, -0.2) is 13.4 Å². The molecule has 2 rings (SSSR count). The molecule has 0 spiro atoms. The van der Waals surface area contributed by atoms with Gasteiger partial charge in [0.05, 0.1) is 10.7 Å². The summed E-state index contributed by atoms with van der Waals surface area (Å²) in [5.74, 6) is 5.31. The Hall–Kier alpha value is -1.48. The lowest BCUT2D eigenvalue weighted by molar-refractivity contribution is 0.582. The van der Waals surface area contributed by atoms with Crippen LogP contribution in [0, 0.1) is 6.92 Å². The topological polar surface area (TPSA) is 97.1 Å². The highest BCUT2D eigenvalue weighted by Crippen LogP contribution is 2.20. The molecule has 0 amide bonds. The van der Waals surface area contributed by atoms with E-state index in [1.807, 2.05) is 6.92 Å². The lowest BCUT2D eigenvalue weighted by Gasteiger charge is -2.10. The van der Waals surface area contributed by atoms with E-state index < -0.39 is 10.0 Å². The molecule has 0 aliphatic rings. The zero-order valence-electron chi connectivity index (χ0n) is 10.3. The number of para-hydroxylation sites is 1. The van der Waals surface area contributed by atoms with E-state index in [9.17, 15) is 8.42 Å². The number of sulfonamides is 1. The molecule has 1 aromatic carbocycles. The molecule has 0 saturated carbocycles. The molecule has 0 aliphatic carbocycles. The Morgan fingerprint density at radius 3 is 2.74 bits per heavy atom. The summed E-state index contributed by atoms with van der Waals surface area (Å²) in [6.45, 7) is 2.09. The Balaban J connectivity index is 2.18. The van der Waals surface area contributed by atoms with Crippen LogP contribution in [0.4, 0.5) is 5.69 Å². The number of anilines is 1. The summed E-state index contributed by atoms with van der Waals surface area (Å²) in [5.41, 5.74) is 2.73. The summed E-state index contributed by atoms with van der Waals surface area (Å²) in [6.07, 6.45) is 1.66. The highest BCUT2D eigenvalue weighted by Gasteiger charge is 2.17. The Morgan fingerprint density at radius 1 is 1.37 bits per heavy atom. The Labute approximate surface area is 115 Å². The van der Waals surface area contributed by atoms with Crippen LogP contribution < -0.4 is 16.0 Å². The van der Waals surface area contributed by atoms with Gasteiger partial charge >= 0.3 is 0 Å². The molecule has 0 aliphatic heterocycles. The molecule has 0 saturated heterocycles. The Bertz CT molecular complexity index is 667. The minimum atomic E-state index is -3.61. The van der Waals surface area contributed by atoms with Gasteiger partial charge in [0.25, 0.3) is 0 Å². The van der Waals surface area contributed by atoms with Gasteiger partial charge in [-0.15, -0.1) is 11.3 Å². The number of hydrogen-bond acceptors (Lipinski definition) is 6. The number of nitrogen functional groups attached to an aromatic ring is 1. The average Bonchev–Trinajstić information content (AvgIpc) is 2.82. The van der Waals surface area contributed by atoms with Gasteiger partial charge in [-0.3, -0.25) is 5.84 Å². The number of thiazole rings is 1. The third-order valence-electron chi connectivity index (χ3n) is 2.44. The molecule has 0 bridgehead atoms. The van der Waals surface area contributed by atoms with Gasteiger partial charge in [0.15, 0.2) is 0 Å². The van der Waals surface area contributed by atoms with E-state index in [4.69, 9.17) is 5.84 Å². The predicted molar refractivity (Wildman–Crippen MR) is 75.1 cm³/mol. The molecule has 1 heterocycles. The molecule has 19 heavy (non-hydrogen) atoms. The number of hydrazine groups is 1. The number of nitrogens with two attached hydrogens (primary N) is 1. The fraction of sp³-hybridized carbons (Fsp3) is 0.182. The third-order valence-corrected chi connectivity index (χ3v) is 4.81. The summed E-state index contributed by atoms with van der Waals surface area (Å²) < 4.78 is 26.9. The van der Waals surface area contributed by atoms with Crippen LogP contribution in [-0.2, 0) is 16.6 Å². The van der Waals surface area contributed by atoms with E-state index in [1.54, 1.807) is 24.4 Å². The number of nitrogens with one attached hydrogen (secondary N) is 2. The van der Waals surface area contributed by atoms with Gasteiger partial charge in [0.1, 0.15) is 4.90 Å². The zero-order valence-corrected chi connectivity index (χ0v) is 11.9. The van der Waals surface area contributed by atoms with Crippen molar-refractivity contribution in [2.45, 2.75) is 18.4 Å². The van der Waals surface area contributed by atoms with Crippen LogP contribution in [0.3, 0.4) is 0 Å². The minimum absolute atomic E-state index is 0.124. The summed E-state index contributed by atoms with van der Waals surface area (Å²) in [4.78, 5) is 5.06. The molecule has 102 valence electrons. The number of rotatable bonds is 5. The molecule has 0 fully saturated rings. The van der Waals surface area contributed by atoms with E-state index in [1.165, 1.54) is 17.4 Å². The maximum absolute atomic E-state index is 12.2. The van der Waals surface area contributed by atoms with Crippen LogP contribution in [0.1, 0.15) is 9.88 Å². The highest BCUT2D eigenvalue weighted by atomic mass is 32.2. The summed E-state index contributed by atoms with van der Waals surface area (Å²) in [5, 5.41) is 0.901. The quantitative estimate of drug-likeness (QED) is 0.569. The maximum Gasteiger partial charge on any atom is 0.243 e. The molecule has 6 nitrogen and oxygen atoms in total. The number of hydrogen-bond donors (Lipinski definition) is 3. The summed E-state index contributed by atoms with van der Waals surface area (Å²) in [7, 11) is -3.61. The lowest BCUT2D eigenvalue weighted by atomic mass is 10.3. The van der Waals surface area contributed by atoms with Crippen LogP contribution in [0.25, 0.3) is 0 Å².